The summed E-state index contributed by atoms with van der Waals surface area (Å²) < 4.78 is 6.68. The minimum absolute atomic E-state index is 0.137. The number of hydrogen-bond donors (Lipinski definition) is 2. The van der Waals surface area contributed by atoms with Crippen LogP contribution in [0.4, 0.5) is 5.69 Å². The molecule has 0 aliphatic heterocycles. The summed E-state index contributed by atoms with van der Waals surface area (Å²) in [5.41, 5.74) is 1.08. The maximum atomic E-state index is 11.9. The maximum absolute atomic E-state index is 11.9. The molecule has 0 atom stereocenters. The number of carbonyl (C=O) groups is 2. The van der Waals surface area contributed by atoms with Crippen LogP contribution in [-0.2, 0) is 16.1 Å². The van der Waals surface area contributed by atoms with E-state index in [4.69, 9.17) is 16.0 Å². The molecule has 0 spiro atoms. The Morgan fingerprint density at radius 1 is 1.21 bits per heavy atom. The van der Waals surface area contributed by atoms with Gasteiger partial charge in [-0.05, 0) is 36.4 Å². The van der Waals surface area contributed by atoms with E-state index in [0.717, 1.165) is 0 Å². The maximum Gasteiger partial charge on any atom is 0.313 e. The number of furan rings is 1. The molecule has 24 heavy (non-hydrogen) atoms. The van der Waals surface area contributed by atoms with Crippen molar-refractivity contribution in [2.75, 3.05) is 5.32 Å². The lowest BCUT2D eigenvalue weighted by molar-refractivity contribution is -0.136. The van der Waals surface area contributed by atoms with Crippen LogP contribution in [-0.4, -0.2) is 21.6 Å². The average Bonchev–Trinajstić information content (AvgIpc) is 3.26. The molecule has 0 radical (unpaired) electrons. The summed E-state index contributed by atoms with van der Waals surface area (Å²) in [5, 5.41) is 9.43. The normalized spacial score (nSPS) is 10.4. The molecule has 0 aliphatic rings. The van der Waals surface area contributed by atoms with Crippen molar-refractivity contribution in [2.45, 2.75) is 6.54 Å². The number of halogens is 1. The van der Waals surface area contributed by atoms with Gasteiger partial charge in [0, 0.05) is 18.1 Å². The molecular weight excluding hydrogens is 332 g/mol. The van der Waals surface area contributed by atoms with Crippen molar-refractivity contribution in [3.05, 3.63) is 65.8 Å². The Kier molecular flexibility index (Phi) is 4.62. The van der Waals surface area contributed by atoms with Gasteiger partial charge in [-0.15, -0.1) is 0 Å². The molecule has 2 N–H and O–H groups in total. The van der Waals surface area contributed by atoms with Crippen LogP contribution in [0.1, 0.15) is 5.76 Å². The van der Waals surface area contributed by atoms with E-state index in [9.17, 15) is 9.59 Å². The molecular formula is C16H13ClN4O3. The van der Waals surface area contributed by atoms with Gasteiger partial charge in [0.05, 0.1) is 23.5 Å². The van der Waals surface area contributed by atoms with Crippen LogP contribution < -0.4 is 10.6 Å². The summed E-state index contributed by atoms with van der Waals surface area (Å²) in [6, 6.07) is 10.1. The molecule has 122 valence electrons. The zero-order chi connectivity index (χ0) is 16.9. The smallest absolute Gasteiger partial charge is 0.313 e. The van der Waals surface area contributed by atoms with E-state index in [1.165, 1.54) is 6.26 Å². The molecule has 3 rings (SSSR count). The summed E-state index contributed by atoms with van der Waals surface area (Å²) in [5.74, 6) is -0.995. The topological polar surface area (TPSA) is 89.2 Å². The first-order valence-corrected chi connectivity index (χ1v) is 7.42. The third-order valence-electron chi connectivity index (χ3n) is 3.17. The molecule has 2 amide bonds. The Hall–Kier alpha value is -3.06. The Bertz CT molecular complexity index is 844. The molecule has 7 nitrogen and oxygen atoms in total. The van der Waals surface area contributed by atoms with E-state index in [1.807, 2.05) is 0 Å². The van der Waals surface area contributed by atoms with Gasteiger partial charge < -0.3 is 15.1 Å². The van der Waals surface area contributed by atoms with E-state index in [2.05, 4.69) is 15.7 Å². The molecule has 0 bridgehead atoms. The number of nitrogens with zero attached hydrogens (tertiary/aromatic N) is 2. The van der Waals surface area contributed by atoms with Gasteiger partial charge in [-0.3, -0.25) is 9.59 Å². The Labute approximate surface area is 142 Å². The SMILES string of the molecule is O=C(NCc1ccco1)C(=O)Nc1ccc(-n2cccn2)c(Cl)c1. The van der Waals surface area contributed by atoms with E-state index in [0.29, 0.717) is 22.2 Å². The number of amides is 2. The number of aromatic nitrogens is 2. The van der Waals surface area contributed by atoms with Gasteiger partial charge in [0.2, 0.25) is 0 Å². The van der Waals surface area contributed by atoms with Crippen LogP contribution in [0.15, 0.2) is 59.5 Å². The van der Waals surface area contributed by atoms with E-state index < -0.39 is 11.8 Å². The number of benzene rings is 1. The minimum Gasteiger partial charge on any atom is -0.467 e. The second-order valence-electron chi connectivity index (χ2n) is 4.83. The zero-order valence-corrected chi connectivity index (χ0v) is 13.2. The third kappa shape index (κ3) is 3.64. The van der Waals surface area contributed by atoms with Crippen molar-refractivity contribution in [3.8, 4) is 5.69 Å². The highest BCUT2D eigenvalue weighted by molar-refractivity contribution is 6.40. The summed E-state index contributed by atoms with van der Waals surface area (Å²) in [7, 11) is 0. The average molecular weight is 345 g/mol. The lowest BCUT2D eigenvalue weighted by Gasteiger charge is -2.09. The van der Waals surface area contributed by atoms with Crippen molar-refractivity contribution in [1.29, 1.82) is 0 Å². The molecule has 8 heteroatoms. The first kappa shape index (κ1) is 15.8. The first-order chi connectivity index (χ1) is 11.6. The van der Waals surface area contributed by atoms with Crippen LogP contribution in [0.3, 0.4) is 0 Å². The molecule has 0 unspecified atom stereocenters. The van der Waals surface area contributed by atoms with E-state index >= 15 is 0 Å². The molecule has 2 heterocycles. The van der Waals surface area contributed by atoms with Crippen molar-refractivity contribution in [2.24, 2.45) is 0 Å². The van der Waals surface area contributed by atoms with Gasteiger partial charge >= 0.3 is 11.8 Å². The molecule has 3 aromatic rings. The van der Waals surface area contributed by atoms with Crippen LogP contribution >= 0.6 is 11.6 Å². The first-order valence-electron chi connectivity index (χ1n) is 7.04. The predicted octanol–water partition coefficient (Wildman–Crippen LogP) is 2.37. The molecule has 2 aromatic heterocycles. The molecule has 0 aliphatic carbocycles. The zero-order valence-electron chi connectivity index (χ0n) is 12.4. The highest BCUT2D eigenvalue weighted by atomic mass is 35.5. The Morgan fingerprint density at radius 3 is 2.75 bits per heavy atom. The highest BCUT2D eigenvalue weighted by Gasteiger charge is 2.14. The van der Waals surface area contributed by atoms with Crippen molar-refractivity contribution in [3.63, 3.8) is 0 Å². The van der Waals surface area contributed by atoms with Crippen LogP contribution in [0.2, 0.25) is 5.02 Å². The predicted molar refractivity (Wildman–Crippen MR) is 87.8 cm³/mol. The van der Waals surface area contributed by atoms with Crippen LogP contribution in [0.5, 0.6) is 0 Å². The summed E-state index contributed by atoms with van der Waals surface area (Å²) >= 11 is 6.19. The fourth-order valence-electron chi connectivity index (χ4n) is 2.03. The Morgan fingerprint density at radius 2 is 2.08 bits per heavy atom. The van der Waals surface area contributed by atoms with Gasteiger partial charge in [-0.1, -0.05) is 11.6 Å². The van der Waals surface area contributed by atoms with Crippen molar-refractivity contribution >= 4 is 29.1 Å². The van der Waals surface area contributed by atoms with Gasteiger partial charge in [0.1, 0.15) is 5.76 Å². The second-order valence-corrected chi connectivity index (χ2v) is 5.24. The van der Waals surface area contributed by atoms with Gasteiger partial charge in [-0.2, -0.15) is 5.10 Å². The van der Waals surface area contributed by atoms with Crippen molar-refractivity contribution in [1.82, 2.24) is 15.1 Å². The van der Waals surface area contributed by atoms with Crippen LogP contribution in [0, 0.1) is 0 Å². The number of carbonyl (C=O) groups excluding carboxylic acids is 2. The molecule has 0 saturated carbocycles. The van der Waals surface area contributed by atoms with Gasteiger partial charge in [-0.25, -0.2) is 4.68 Å². The second kappa shape index (κ2) is 7.01. The monoisotopic (exact) mass is 344 g/mol. The van der Waals surface area contributed by atoms with Crippen LogP contribution in [0.25, 0.3) is 5.69 Å². The largest absolute Gasteiger partial charge is 0.467 e. The fourth-order valence-corrected chi connectivity index (χ4v) is 2.30. The lowest BCUT2D eigenvalue weighted by Crippen LogP contribution is -2.34. The lowest BCUT2D eigenvalue weighted by atomic mass is 10.2. The van der Waals surface area contributed by atoms with Gasteiger partial charge in [0.25, 0.3) is 0 Å². The fraction of sp³-hybridized carbons (Fsp3) is 0.0625. The minimum atomic E-state index is -0.788. The summed E-state index contributed by atoms with van der Waals surface area (Å²) in [6.45, 7) is 0.137. The van der Waals surface area contributed by atoms with Gasteiger partial charge in [0.15, 0.2) is 0 Å². The van der Waals surface area contributed by atoms with E-state index in [1.54, 1.807) is 53.5 Å². The quantitative estimate of drug-likeness (QED) is 0.711. The molecule has 1 aromatic carbocycles. The number of rotatable bonds is 4. The molecule has 0 saturated heterocycles. The molecule has 0 fully saturated rings. The Balaban J connectivity index is 1.61. The number of hydrogen-bond acceptors (Lipinski definition) is 4. The van der Waals surface area contributed by atoms with E-state index in [-0.39, 0.29) is 6.54 Å². The van der Waals surface area contributed by atoms with Crippen molar-refractivity contribution < 1.29 is 14.0 Å². The third-order valence-corrected chi connectivity index (χ3v) is 3.47. The number of nitrogens with one attached hydrogen (secondary N) is 2. The standard InChI is InChI=1S/C16H13ClN4O3/c17-13-9-11(4-5-14(13)21-7-2-6-19-21)20-16(23)15(22)18-10-12-3-1-8-24-12/h1-9H,10H2,(H,18,22)(H,20,23). The number of anilines is 1. The highest BCUT2D eigenvalue weighted by Crippen LogP contribution is 2.23. The summed E-state index contributed by atoms with van der Waals surface area (Å²) in [6.07, 6.45) is 4.88. The summed E-state index contributed by atoms with van der Waals surface area (Å²) in [4.78, 5) is 23.7.